The minimum atomic E-state index is -1.06. The first-order valence-electron chi connectivity index (χ1n) is 25.4. The number of rotatable bonds is 43. The molecule has 0 saturated carbocycles. The van der Waals surface area contributed by atoms with Gasteiger partial charge in [-0.1, -0.05) is 117 Å². The van der Waals surface area contributed by atoms with Gasteiger partial charge in [0.1, 0.15) is 30.2 Å². The van der Waals surface area contributed by atoms with Crippen LogP contribution < -0.4 is 54.4 Å². The molecule has 18 nitrogen and oxygen atoms in total. The number of nitrogens with two attached hydrogens (primary N) is 3. The molecular formula is C48H92N10O8. The molecule has 0 aliphatic rings. The fraction of sp³-hybridized carbons (Fsp3) is 0.833. The summed E-state index contributed by atoms with van der Waals surface area (Å²) in [5, 5.41) is 19.3. The van der Waals surface area contributed by atoms with Crippen LogP contribution in [0, 0.1) is 0 Å². The highest BCUT2D eigenvalue weighted by Gasteiger charge is 2.32. The van der Waals surface area contributed by atoms with Crippen LogP contribution in [0.5, 0.6) is 0 Å². The molecule has 0 aromatic carbocycles. The van der Waals surface area contributed by atoms with Gasteiger partial charge in [0, 0.05) is 20.4 Å². The number of unbranched alkanes of at least 4 members (excludes halogenated alkanes) is 17. The van der Waals surface area contributed by atoms with Gasteiger partial charge in [0.2, 0.25) is 47.3 Å². The summed E-state index contributed by atoms with van der Waals surface area (Å²) in [5.41, 5.74) is 16.7. The summed E-state index contributed by atoms with van der Waals surface area (Å²) < 4.78 is 0. The Hall–Kier alpha value is -4.32. The number of primary amides is 1. The van der Waals surface area contributed by atoms with E-state index in [2.05, 4.69) is 51.1 Å². The Morgan fingerprint density at radius 2 is 0.667 bits per heavy atom. The lowest BCUT2D eigenvalue weighted by molar-refractivity contribution is -0.135. The van der Waals surface area contributed by atoms with E-state index in [-0.39, 0.29) is 37.5 Å². The molecule has 8 amide bonds. The lowest BCUT2D eigenvalue weighted by Gasteiger charge is -2.27. The van der Waals surface area contributed by atoms with E-state index in [0.717, 1.165) is 77.0 Å². The molecule has 5 atom stereocenters. The first-order chi connectivity index (χ1) is 31.7. The van der Waals surface area contributed by atoms with Crippen LogP contribution >= 0.6 is 0 Å². The Labute approximate surface area is 396 Å². The monoisotopic (exact) mass is 937 g/mol. The molecule has 0 rings (SSSR count). The van der Waals surface area contributed by atoms with Gasteiger partial charge in [-0.3, -0.25) is 38.4 Å². The predicted octanol–water partition coefficient (Wildman–Crippen LogP) is 3.66. The molecule has 13 N–H and O–H groups in total. The van der Waals surface area contributed by atoms with Gasteiger partial charge in [0.05, 0.1) is 6.54 Å². The average molecular weight is 937 g/mol. The number of hydrogen-bond donors (Lipinski definition) is 10. The van der Waals surface area contributed by atoms with Crippen molar-refractivity contribution in [3.05, 3.63) is 0 Å². The summed E-state index contributed by atoms with van der Waals surface area (Å²) in [7, 11) is 0. The molecule has 0 aliphatic carbocycles. The predicted molar refractivity (Wildman–Crippen MR) is 260 cm³/mol. The number of nitrogens with one attached hydrogen (secondary N) is 7. The van der Waals surface area contributed by atoms with Crippen LogP contribution in [0.1, 0.15) is 201 Å². The van der Waals surface area contributed by atoms with Crippen LogP contribution in [0.15, 0.2) is 0 Å². The summed E-state index contributed by atoms with van der Waals surface area (Å²) in [6.07, 6.45) is 20.8. The van der Waals surface area contributed by atoms with E-state index in [4.69, 9.17) is 17.2 Å². The van der Waals surface area contributed by atoms with Crippen molar-refractivity contribution >= 4 is 47.3 Å². The Bertz CT molecular complexity index is 1390. The Kier molecular flexibility index (Phi) is 38.2. The smallest absolute Gasteiger partial charge is 0.243 e. The van der Waals surface area contributed by atoms with Crippen LogP contribution in [0.25, 0.3) is 0 Å². The van der Waals surface area contributed by atoms with Crippen molar-refractivity contribution in [1.82, 2.24) is 37.2 Å². The van der Waals surface area contributed by atoms with Gasteiger partial charge in [-0.2, -0.15) is 0 Å². The SMILES string of the molecule is CCCCCCCCCCC(NC(=O)C(CCCCCCCCCC)NC(=O)C(CCCCN)NC(=O)C(CCCCN)NC(C)=O)C(=O)NC(CCCCNC(C)=O)C(=O)NCC(N)=O. The second-order valence-electron chi connectivity index (χ2n) is 17.8. The highest BCUT2D eigenvalue weighted by atomic mass is 16.2. The number of amides is 8. The highest BCUT2D eigenvalue weighted by Crippen LogP contribution is 2.15. The first-order valence-corrected chi connectivity index (χ1v) is 25.4. The fourth-order valence-electron chi connectivity index (χ4n) is 7.66. The minimum Gasteiger partial charge on any atom is -0.368 e. The van der Waals surface area contributed by atoms with Crippen LogP contribution in [0.2, 0.25) is 0 Å². The van der Waals surface area contributed by atoms with Gasteiger partial charge >= 0.3 is 0 Å². The van der Waals surface area contributed by atoms with Crippen molar-refractivity contribution in [2.24, 2.45) is 17.2 Å². The quantitative estimate of drug-likeness (QED) is 0.0396. The summed E-state index contributed by atoms with van der Waals surface area (Å²) in [5.74, 6) is -4.19. The zero-order valence-corrected chi connectivity index (χ0v) is 41.3. The Morgan fingerprint density at radius 3 is 0.985 bits per heavy atom. The van der Waals surface area contributed by atoms with Gasteiger partial charge in [0.25, 0.3) is 0 Å². The lowest BCUT2D eigenvalue weighted by Crippen LogP contribution is -2.59. The molecule has 0 radical (unpaired) electrons. The maximum Gasteiger partial charge on any atom is 0.243 e. The summed E-state index contributed by atoms with van der Waals surface area (Å²) in [4.78, 5) is 105. The minimum absolute atomic E-state index is 0.188. The molecule has 0 fully saturated rings. The third-order valence-electron chi connectivity index (χ3n) is 11.5. The highest BCUT2D eigenvalue weighted by molar-refractivity contribution is 5.96. The zero-order valence-electron chi connectivity index (χ0n) is 41.3. The topological polar surface area (TPSA) is 299 Å². The molecule has 382 valence electrons. The van der Waals surface area contributed by atoms with Gasteiger partial charge in [-0.15, -0.1) is 0 Å². The van der Waals surface area contributed by atoms with Gasteiger partial charge in [-0.25, -0.2) is 0 Å². The second kappa shape index (κ2) is 40.9. The van der Waals surface area contributed by atoms with Crippen LogP contribution in [0.3, 0.4) is 0 Å². The third-order valence-corrected chi connectivity index (χ3v) is 11.5. The largest absolute Gasteiger partial charge is 0.368 e. The first kappa shape index (κ1) is 61.7. The van der Waals surface area contributed by atoms with Crippen LogP contribution in [-0.2, 0) is 38.4 Å². The molecule has 0 heterocycles. The van der Waals surface area contributed by atoms with Crippen molar-refractivity contribution in [3.8, 4) is 0 Å². The fourth-order valence-corrected chi connectivity index (χ4v) is 7.66. The normalized spacial score (nSPS) is 13.3. The van der Waals surface area contributed by atoms with Crippen molar-refractivity contribution in [3.63, 3.8) is 0 Å². The molecule has 0 bridgehead atoms. The number of hydrogen-bond acceptors (Lipinski definition) is 10. The molecule has 0 aromatic rings. The van der Waals surface area contributed by atoms with Crippen molar-refractivity contribution in [1.29, 1.82) is 0 Å². The van der Waals surface area contributed by atoms with Crippen molar-refractivity contribution < 1.29 is 38.4 Å². The molecule has 66 heavy (non-hydrogen) atoms. The lowest BCUT2D eigenvalue weighted by atomic mass is 10.0. The van der Waals surface area contributed by atoms with Gasteiger partial charge in [0.15, 0.2) is 0 Å². The van der Waals surface area contributed by atoms with E-state index in [1.54, 1.807) is 0 Å². The summed E-state index contributed by atoms with van der Waals surface area (Å²) >= 11 is 0. The Balaban J connectivity index is 6.60. The zero-order chi connectivity index (χ0) is 49.4. The van der Waals surface area contributed by atoms with Crippen molar-refractivity contribution in [2.45, 2.75) is 231 Å². The summed E-state index contributed by atoms with van der Waals surface area (Å²) in [6.45, 7) is 7.83. The standard InChI is InChI=1S/C48H92N10O8/c1-5-7-9-11-13-15-17-19-27-40(46(64)55-38(44(62)53-35-43(51)61)31-23-26-34-52-36(3)59)57-47(65)41(28-20-18-16-14-12-10-8-6-2)58-48(66)42(30-22-25-33-50)56-45(63)39(54-37(4)60)29-21-24-32-49/h38-42H,5-35,49-50H2,1-4H3,(H2,51,61)(H,52,59)(H,53,62)(H,54,60)(H,55,64)(H,56,63)(H,57,65)(H,58,66). The van der Waals surface area contributed by atoms with Gasteiger partial charge in [-0.05, 0) is 83.7 Å². The molecule has 0 aliphatic heterocycles. The number of carbonyl (C=O) groups excluding carboxylic acids is 8. The van der Waals surface area contributed by atoms with Crippen LogP contribution in [0.4, 0.5) is 0 Å². The molecule has 0 saturated heterocycles. The second-order valence-corrected chi connectivity index (χ2v) is 17.8. The van der Waals surface area contributed by atoms with E-state index >= 15 is 0 Å². The summed E-state index contributed by atoms with van der Waals surface area (Å²) in [6, 6.07) is -5.10. The number of carbonyl (C=O) groups is 8. The van der Waals surface area contributed by atoms with E-state index in [1.165, 1.54) is 26.7 Å². The van der Waals surface area contributed by atoms with Crippen molar-refractivity contribution in [2.75, 3.05) is 26.2 Å². The molecule has 18 heteroatoms. The Morgan fingerprint density at radius 1 is 0.364 bits per heavy atom. The van der Waals surface area contributed by atoms with Crippen LogP contribution in [-0.4, -0.2) is 104 Å². The maximum absolute atomic E-state index is 14.4. The van der Waals surface area contributed by atoms with E-state index < -0.39 is 72.2 Å². The molecule has 5 unspecified atom stereocenters. The van der Waals surface area contributed by atoms with E-state index in [9.17, 15) is 38.4 Å². The molecule has 0 spiro atoms. The average Bonchev–Trinajstić information content (AvgIpc) is 3.27. The van der Waals surface area contributed by atoms with Gasteiger partial charge < -0.3 is 54.4 Å². The molecule has 0 aromatic heterocycles. The van der Waals surface area contributed by atoms with E-state index in [0.29, 0.717) is 77.4 Å². The van der Waals surface area contributed by atoms with E-state index in [1.807, 2.05) is 0 Å². The third kappa shape index (κ3) is 33.2. The molecular weight excluding hydrogens is 845 g/mol. The maximum atomic E-state index is 14.4.